The van der Waals surface area contributed by atoms with Crippen molar-refractivity contribution in [2.24, 2.45) is 0 Å². The molecule has 27 heavy (non-hydrogen) atoms. The summed E-state index contributed by atoms with van der Waals surface area (Å²) in [5.41, 5.74) is 3.62. The summed E-state index contributed by atoms with van der Waals surface area (Å²) in [6.45, 7) is 3.53. The lowest BCUT2D eigenvalue weighted by molar-refractivity contribution is -0.139. The Labute approximate surface area is 166 Å². The molecule has 0 unspecified atom stereocenters. The van der Waals surface area contributed by atoms with Gasteiger partial charge in [0.25, 0.3) is 5.91 Å². The van der Waals surface area contributed by atoms with Crippen LogP contribution in [0.25, 0.3) is 6.08 Å². The van der Waals surface area contributed by atoms with Crippen LogP contribution in [0.1, 0.15) is 16.7 Å². The van der Waals surface area contributed by atoms with E-state index in [1.165, 1.54) is 11.8 Å². The van der Waals surface area contributed by atoms with Gasteiger partial charge in [-0.3, -0.25) is 9.69 Å². The highest BCUT2D eigenvalue weighted by Crippen LogP contribution is 2.37. The molecule has 3 rings (SSSR count). The second-order valence-electron chi connectivity index (χ2n) is 6.06. The zero-order valence-electron chi connectivity index (χ0n) is 14.8. The van der Waals surface area contributed by atoms with Gasteiger partial charge in [0, 0.05) is 0 Å². The molecule has 2 aromatic rings. The zero-order chi connectivity index (χ0) is 19.6. The van der Waals surface area contributed by atoms with Gasteiger partial charge in [0.15, 0.2) is 10.9 Å². The standard InChI is InChI=1S/C20H17NO4S2/c1-12-6-7-16(13(2)8-12)21-19(24)17(27-20(21)26)10-14-4-3-5-15(9-14)25-11-18(22)23/h3-10H,11H2,1-2H3,(H,22,23)/b17-10+. The lowest BCUT2D eigenvalue weighted by Gasteiger charge is -2.17. The van der Waals surface area contributed by atoms with Crippen LogP contribution in [0.2, 0.25) is 0 Å². The summed E-state index contributed by atoms with van der Waals surface area (Å²) < 4.78 is 5.66. The van der Waals surface area contributed by atoms with Crippen LogP contribution in [-0.4, -0.2) is 27.9 Å². The molecule has 2 aromatic carbocycles. The molecular weight excluding hydrogens is 382 g/mol. The fraction of sp³-hybridized carbons (Fsp3) is 0.150. The van der Waals surface area contributed by atoms with Gasteiger partial charge in [0.2, 0.25) is 0 Å². The number of benzene rings is 2. The maximum atomic E-state index is 12.9. The molecule has 0 atom stereocenters. The zero-order valence-corrected chi connectivity index (χ0v) is 16.4. The van der Waals surface area contributed by atoms with Crippen LogP contribution < -0.4 is 9.64 Å². The number of rotatable bonds is 5. The third-order valence-electron chi connectivity index (χ3n) is 3.91. The van der Waals surface area contributed by atoms with Crippen LogP contribution in [0.4, 0.5) is 5.69 Å². The first-order valence-electron chi connectivity index (χ1n) is 8.15. The molecule has 138 valence electrons. The fourth-order valence-corrected chi connectivity index (χ4v) is 4.01. The van der Waals surface area contributed by atoms with E-state index in [4.69, 9.17) is 22.1 Å². The average Bonchev–Trinajstić information content (AvgIpc) is 2.88. The smallest absolute Gasteiger partial charge is 0.341 e. The largest absolute Gasteiger partial charge is 0.482 e. The van der Waals surface area contributed by atoms with Gasteiger partial charge in [-0.15, -0.1) is 0 Å². The van der Waals surface area contributed by atoms with Crippen LogP contribution in [0.3, 0.4) is 0 Å². The Morgan fingerprint density at radius 3 is 2.74 bits per heavy atom. The number of carbonyl (C=O) groups is 2. The third-order valence-corrected chi connectivity index (χ3v) is 5.21. The number of aliphatic carboxylic acids is 1. The molecule has 0 spiro atoms. The van der Waals surface area contributed by atoms with Crippen LogP contribution >= 0.6 is 24.0 Å². The summed E-state index contributed by atoms with van der Waals surface area (Å²) in [6, 6.07) is 12.8. The summed E-state index contributed by atoms with van der Waals surface area (Å²) in [6.07, 6.45) is 1.73. The second-order valence-corrected chi connectivity index (χ2v) is 7.74. The SMILES string of the molecule is Cc1ccc(N2C(=O)/C(=C\c3cccc(OCC(=O)O)c3)SC2=S)c(C)c1. The van der Waals surface area contributed by atoms with E-state index in [0.717, 1.165) is 22.4 Å². The van der Waals surface area contributed by atoms with Gasteiger partial charge in [0.05, 0.1) is 10.6 Å². The first-order valence-corrected chi connectivity index (χ1v) is 9.37. The number of carbonyl (C=O) groups excluding carboxylic acids is 1. The molecule has 0 saturated carbocycles. The Morgan fingerprint density at radius 1 is 1.26 bits per heavy atom. The monoisotopic (exact) mass is 399 g/mol. The Morgan fingerprint density at radius 2 is 2.04 bits per heavy atom. The maximum absolute atomic E-state index is 12.9. The van der Waals surface area contributed by atoms with E-state index >= 15 is 0 Å². The molecule has 0 aliphatic carbocycles. The summed E-state index contributed by atoms with van der Waals surface area (Å²) >= 11 is 6.66. The number of carboxylic acid groups (broad SMARTS) is 1. The molecule has 0 radical (unpaired) electrons. The molecule has 1 aliphatic heterocycles. The summed E-state index contributed by atoms with van der Waals surface area (Å²) in [5.74, 6) is -0.792. The molecule has 0 aromatic heterocycles. The van der Waals surface area contributed by atoms with Crippen molar-refractivity contribution in [1.82, 2.24) is 0 Å². The lowest BCUT2D eigenvalue weighted by atomic mass is 10.1. The predicted molar refractivity (Wildman–Crippen MR) is 111 cm³/mol. The Kier molecular flexibility index (Phi) is 5.62. The van der Waals surface area contributed by atoms with Gasteiger partial charge in [-0.25, -0.2) is 4.79 Å². The highest BCUT2D eigenvalue weighted by molar-refractivity contribution is 8.27. The van der Waals surface area contributed by atoms with E-state index in [9.17, 15) is 9.59 Å². The summed E-state index contributed by atoms with van der Waals surface area (Å²) in [7, 11) is 0. The number of carboxylic acids is 1. The van der Waals surface area contributed by atoms with E-state index in [1.807, 2.05) is 38.1 Å². The van der Waals surface area contributed by atoms with Gasteiger partial charge in [-0.2, -0.15) is 0 Å². The molecule has 1 N–H and O–H groups in total. The minimum absolute atomic E-state index is 0.172. The fourth-order valence-electron chi connectivity index (χ4n) is 2.72. The van der Waals surface area contributed by atoms with E-state index in [2.05, 4.69) is 0 Å². The van der Waals surface area contributed by atoms with Crippen molar-refractivity contribution in [2.45, 2.75) is 13.8 Å². The number of amides is 1. The topological polar surface area (TPSA) is 66.8 Å². The quantitative estimate of drug-likeness (QED) is 0.601. The number of aryl methyl sites for hydroxylation is 2. The van der Waals surface area contributed by atoms with Crippen LogP contribution in [0.5, 0.6) is 5.75 Å². The normalized spacial score (nSPS) is 15.5. The number of anilines is 1. The molecular formula is C20H17NO4S2. The molecule has 1 fully saturated rings. The van der Waals surface area contributed by atoms with E-state index in [-0.39, 0.29) is 5.91 Å². The van der Waals surface area contributed by atoms with E-state index in [1.54, 1.807) is 29.2 Å². The first kappa shape index (κ1) is 19.1. The van der Waals surface area contributed by atoms with Gasteiger partial charge in [-0.05, 0) is 49.2 Å². The molecule has 0 bridgehead atoms. The van der Waals surface area contributed by atoms with Crippen molar-refractivity contribution in [2.75, 3.05) is 11.5 Å². The number of thiocarbonyl (C=S) groups is 1. The highest BCUT2D eigenvalue weighted by Gasteiger charge is 2.34. The number of thioether (sulfide) groups is 1. The number of hydrogen-bond acceptors (Lipinski definition) is 5. The van der Waals surface area contributed by atoms with Gasteiger partial charge in [-0.1, -0.05) is 53.8 Å². The molecule has 1 aliphatic rings. The minimum Gasteiger partial charge on any atom is -0.482 e. The van der Waals surface area contributed by atoms with Crippen molar-refractivity contribution < 1.29 is 19.4 Å². The number of ether oxygens (including phenoxy) is 1. The predicted octanol–water partition coefficient (Wildman–Crippen LogP) is 4.17. The van der Waals surface area contributed by atoms with E-state index in [0.29, 0.717) is 15.0 Å². The first-order chi connectivity index (χ1) is 12.8. The summed E-state index contributed by atoms with van der Waals surface area (Å²) in [5, 5.41) is 8.71. The lowest BCUT2D eigenvalue weighted by Crippen LogP contribution is -2.28. The third kappa shape index (κ3) is 4.37. The van der Waals surface area contributed by atoms with Gasteiger partial charge < -0.3 is 9.84 Å². The Balaban J connectivity index is 1.86. The second kappa shape index (κ2) is 7.94. The van der Waals surface area contributed by atoms with Crippen molar-refractivity contribution in [3.63, 3.8) is 0 Å². The maximum Gasteiger partial charge on any atom is 0.341 e. The van der Waals surface area contributed by atoms with Crippen molar-refractivity contribution in [3.05, 3.63) is 64.1 Å². The van der Waals surface area contributed by atoms with E-state index < -0.39 is 12.6 Å². The van der Waals surface area contributed by atoms with Crippen LogP contribution in [-0.2, 0) is 9.59 Å². The summed E-state index contributed by atoms with van der Waals surface area (Å²) in [4.78, 5) is 25.6. The molecule has 1 saturated heterocycles. The van der Waals surface area contributed by atoms with Crippen LogP contribution in [0.15, 0.2) is 47.4 Å². The minimum atomic E-state index is -1.05. The van der Waals surface area contributed by atoms with Crippen LogP contribution in [0, 0.1) is 13.8 Å². The van der Waals surface area contributed by atoms with Crippen molar-refractivity contribution in [3.8, 4) is 5.75 Å². The molecule has 1 amide bonds. The number of nitrogens with zero attached hydrogens (tertiary/aromatic N) is 1. The Bertz CT molecular complexity index is 968. The molecule has 1 heterocycles. The number of hydrogen-bond donors (Lipinski definition) is 1. The molecule has 7 heteroatoms. The Hall–Kier alpha value is -2.64. The average molecular weight is 399 g/mol. The van der Waals surface area contributed by atoms with Crippen molar-refractivity contribution >= 4 is 51.9 Å². The van der Waals surface area contributed by atoms with Crippen molar-refractivity contribution in [1.29, 1.82) is 0 Å². The molecule has 5 nitrogen and oxygen atoms in total. The van der Waals surface area contributed by atoms with Gasteiger partial charge >= 0.3 is 5.97 Å². The van der Waals surface area contributed by atoms with Gasteiger partial charge in [0.1, 0.15) is 5.75 Å². The highest BCUT2D eigenvalue weighted by atomic mass is 32.2.